The van der Waals surface area contributed by atoms with Gasteiger partial charge in [-0.2, -0.15) is 0 Å². The number of aliphatic imine (C=N–C) groups is 1. The molecule has 104 valence electrons. The normalized spacial score (nSPS) is 15.5. The Hall–Kier alpha value is -1.71. The predicted octanol–water partition coefficient (Wildman–Crippen LogP) is -3.32. The molecule has 0 aromatic carbocycles. The molecule has 0 radical (unpaired) electrons. The number of carboxylic acids is 1. The van der Waals surface area contributed by atoms with Gasteiger partial charge in [0.2, 0.25) is 0 Å². The molecule has 18 heavy (non-hydrogen) atoms. The Morgan fingerprint density at radius 3 is 2.11 bits per heavy atom. The van der Waals surface area contributed by atoms with Crippen LogP contribution >= 0.6 is 0 Å². The highest BCUT2D eigenvalue weighted by Crippen LogP contribution is 2.01. The second-order valence-corrected chi connectivity index (χ2v) is 3.85. The molecule has 0 saturated heterocycles. The number of Topliss-reactive ketones (excluding diaryl/α,β-unsaturated/α-hetero) is 1. The molecule has 9 nitrogen and oxygen atoms in total. The van der Waals surface area contributed by atoms with Crippen molar-refractivity contribution in [1.82, 2.24) is 0 Å². The molecule has 0 rings (SSSR count). The summed E-state index contributed by atoms with van der Waals surface area (Å²) in [4.78, 5) is 25.9. The van der Waals surface area contributed by atoms with E-state index < -0.39 is 29.9 Å². The highest BCUT2D eigenvalue weighted by Gasteiger charge is 2.30. The minimum absolute atomic E-state index is 0.0421. The zero-order valence-electron chi connectivity index (χ0n) is 9.95. The Labute approximate surface area is 104 Å². The lowest BCUT2D eigenvalue weighted by Gasteiger charge is -2.18. The third-order valence-corrected chi connectivity index (χ3v) is 2.33. The maximum absolute atomic E-state index is 11.6. The second kappa shape index (κ2) is 7.58. The Morgan fingerprint density at radius 1 is 1.11 bits per heavy atom. The Bertz CT molecular complexity index is 328. The molecule has 0 spiro atoms. The van der Waals surface area contributed by atoms with Gasteiger partial charge in [0.1, 0.15) is 6.04 Å². The van der Waals surface area contributed by atoms with E-state index in [4.69, 9.17) is 33.8 Å². The van der Waals surface area contributed by atoms with Crippen molar-refractivity contribution in [2.45, 2.75) is 31.0 Å². The number of nitrogens with zero attached hydrogens (tertiary/aromatic N) is 1. The van der Waals surface area contributed by atoms with Crippen LogP contribution in [0.2, 0.25) is 0 Å². The molecule has 0 aliphatic heterocycles. The molecule has 0 fully saturated rings. The first-order chi connectivity index (χ1) is 8.27. The number of hydrogen-bond donors (Lipinski definition) is 6. The van der Waals surface area contributed by atoms with Crippen LogP contribution in [0.3, 0.4) is 0 Å². The van der Waals surface area contributed by atoms with Crippen molar-refractivity contribution in [1.29, 1.82) is 0 Å². The summed E-state index contributed by atoms with van der Waals surface area (Å²) < 4.78 is 0. The lowest BCUT2D eigenvalue weighted by Crippen LogP contribution is -2.56. The van der Waals surface area contributed by atoms with Crippen LogP contribution in [0, 0.1) is 0 Å². The second-order valence-electron chi connectivity index (χ2n) is 3.85. The number of carbonyl (C=O) groups is 2. The number of rotatable bonds is 8. The summed E-state index contributed by atoms with van der Waals surface area (Å²) in [5.74, 6) is -1.97. The van der Waals surface area contributed by atoms with E-state index >= 15 is 0 Å². The van der Waals surface area contributed by atoms with Crippen LogP contribution in [-0.2, 0) is 9.59 Å². The standard InChI is InChI=1S/C9H20N6O3/c10-4(2-1-3-15-9(13)14)7(16)5(11)6(12)8(17)18/h4-6H,1-3,10-12H2,(H,17,18)(H4,13,14,15). The summed E-state index contributed by atoms with van der Waals surface area (Å²) in [5.41, 5.74) is 26.5. The zero-order chi connectivity index (χ0) is 14.3. The quantitative estimate of drug-likeness (QED) is 0.148. The monoisotopic (exact) mass is 260 g/mol. The Balaban J connectivity index is 4.18. The fraction of sp³-hybridized carbons (Fsp3) is 0.667. The van der Waals surface area contributed by atoms with Gasteiger partial charge in [0.15, 0.2) is 11.7 Å². The van der Waals surface area contributed by atoms with Crippen LogP contribution in [0.5, 0.6) is 0 Å². The van der Waals surface area contributed by atoms with Crippen molar-refractivity contribution in [3.63, 3.8) is 0 Å². The van der Waals surface area contributed by atoms with Crippen LogP contribution in [0.1, 0.15) is 12.8 Å². The summed E-state index contributed by atoms with van der Waals surface area (Å²) in [6.45, 7) is 0.337. The third-order valence-electron chi connectivity index (χ3n) is 2.33. The smallest absolute Gasteiger partial charge is 0.322 e. The lowest BCUT2D eigenvalue weighted by atomic mass is 9.97. The maximum atomic E-state index is 11.6. The van der Waals surface area contributed by atoms with E-state index in [2.05, 4.69) is 4.99 Å². The number of guanidine groups is 1. The van der Waals surface area contributed by atoms with Crippen molar-refractivity contribution in [2.24, 2.45) is 33.7 Å². The lowest BCUT2D eigenvalue weighted by molar-refractivity contribution is -0.141. The highest BCUT2D eigenvalue weighted by atomic mass is 16.4. The SMILES string of the molecule is NC(N)=NCCCC(N)C(=O)C(N)C(N)C(=O)O. The molecular formula is C9H20N6O3. The number of ketones is 1. The summed E-state index contributed by atoms with van der Waals surface area (Å²) >= 11 is 0. The van der Waals surface area contributed by atoms with Crippen molar-refractivity contribution >= 4 is 17.7 Å². The van der Waals surface area contributed by atoms with E-state index in [1.165, 1.54) is 0 Å². The van der Waals surface area contributed by atoms with E-state index in [-0.39, 0.29) is 5.96 Å². The first kappa shape index (κ1) is 16.3. The minimum Gasteiger partial charge on any atom is -0.480 e. The minimum atomic E-state index is -1.46. The fourth-order valence-electron chi connectivity index (χ4n) is 1.24. The molecule has 0 aromatic heterocycles. The molecule has 0 saturated carbocycles. The number of aliphatic carboxylic acids is 1. The van der Waals surface area contributed by atoms with Crippen molar-refractivity contribution < 1.29 is 14.7 Å². The average Bonchev–Trinajstić information content (AvgIpc) is 2.30. The van der Waals surface area contributed by atoms with Gasteiger partial charge in [-0.05, 0) is 12.8 Å². The number of carboxylic acid groups (broad SMARTS) is 1. The summed E-state index contributed by atoms with van der Waals surface area (Å²) in [5, 5.41) is 8.61. The fourth-order valence-corrected chi connectivity index (χ4v) is 1.24. The van der Waals surface area contributed by atoms with E-state index in [1.54, 1.807) is 0 Å². The van der Waals surface area contributed by atoms with Gasteiger partial charge in [0.05, 0.1) is 12.1 Å². The molecule has 0 bridgehead atoms. The van der Waals surface area contributed by atoms with Gasteiger partial charge in [-0.15, -0.1) is 0 Å². The summed E-state index contributed by atoms with van der Waals surface area (Å²) in [7, 11) is 0. The summed E-state index contributed by atoms with van der Waals surface area (Å²) in [6.07, 6.45) is 0.787. The zero-order valence-corrected chi connectivity index (χ0v) is 9.95. The molecule has 0 aliphatic carbocycles. The van der Waals surface area contributed by atoms with E-state index in [0.717, 1.165) is 0 Å². The van der Waals surface area contributed by atoms with Crippen molar-refractivity contribution in [3.8, 4) is 0 Å². The highest BCUT2D eigenvalue weighted by molar-refractivity contribution is 5.93. The summed E-state index contributed by atoms with van der Waals surface area (Å²) in [6, 6.07) is -3.65. The molecule has 0 aliphatic rings. The van der Waals surface area contributed by atoms with Gasteiger partial charge in [-0.3, -0.25) is 14.6 Å². The molecule has 3 atom stereocenters. The third kappa shape index (κ3) is 5.57. The van der Waals surface area contributed by atoms with Crippen LogP contribution in [0.15, 0.2) is 4.99 Å². The largest absolute Gasteiger partial charge is 0.480 e. The predicted molar refractivity (Wildman–Crippen MR) is 66.5 cm³/mol. The topological polar surface area (TPSA) is 197 Å². The molecule has 0 aromatic rings. The average molecular weight is 260 g/mol. The van der Waals surface area contributed by atoms with Crippen molar-refractivity contribution in [2.75, 3.05) is 6.54 Å². The van der Waals surface area contributed by atoms with E-state index in [9.17, 15) is 9.59 Å². The Kier molecular flexibility index (Phi) is 6.86. The van der Waals surface area contributed by atoms with Crippen LogP contribution < -0.4 is 28.7 Å². The molecule has 3 unspecified atom stereocenters. The molecular weight excluding hydrogens is 240 g/mol. The first-order valence-electron chi connectivity index (χ1n) is 5.36. The molecule has 0 heterocycles. The van der Waals surface area contributed by atoms with Crippen LogP contribution in [0.4, 0.5) is 0 Å². The molecule has 0 amide bonds. The van der Waals surface area contributed by atoms with Gasteiger partial charge in [0, 0.05) is 6.54 Å². The van der Waals surface area contributed by atoms with Gasteiger partial charge < -0.3 is 33.8 Å². The van der Waals surface area contributed by atoms with Gasteiger partial charge in [-0.1, -0.05) is 0 Å². The van der Waals surface area contributed by atoms with Gasteiger partial charge in [0.25, 0.3) is 0 Å². The van der Waals surface area contributed by atoms with E-state index in [0.29, 0.717) is 19.4 Å². The van der Waals surface area contributed by atoms with Crippen LogP contribution in [0.25, 0.3) is 0 Å². The number of hydrogen-bond acceptors (Lipinski definition) is 6. The van der Waals surface area contributed by atoms with Gasteiger partial charge >= 0.3 is 5.97 Å². The maximum Gasteiger partial charge on any atom is 0.322 e. The van der Waals surface area contributed by atoms with E-state index in [1.807, 2.05) is 0 Å². The van der Waals surface area contributed by atoms with Crippen LogP contribution in [-0.4, -0.2) is 47.5 Å². The van der Waals surface area contributed by atoms with Gasteiger partial charge in [-0.25, -0.2) is 0 Å². The Morgan fingerprint density at radius 2 is 1.67 bits per heavy atom. The first-order valence-corrected chi connectivity index (χ1v) is 5.36. The molecule has 11 N–H and O–H groups in total. The van der Waals surface area contributed by atoms with Crippen molar-refractivity contribution in [3.05, 3.63) is 0 Å². The molecule has 9 heteroatoms. The number of nitrogens with two attached hydrogens (primary N) is 5. The number of carbonyl (C=O) groups excluding carboxylic acids is 1.